The third-order valence-electron chi connectivity index (χ3n) is 2.15. The molecule has 0 saturated carbocycles. The molecule has 2 N–H and O–H groups in total. The fraction of sp³-hybridized carbons (Fsp3) is 0.111. The van der Waals surface area contributed by atoms with Crippen molar-refractivity contribution in [2.75, 3.05) is 11.9 Å². The van der Waals surface area contributed by atoms with E-state index in [1.807, 2.05) is 6.08 Å². The molecule has 1 aromatic carbocycles. The van der Waals surface area contributed by atoms with Crippen LogP contribution in [-0.2, 0) is 0 Å². The Morgan fingerprint density at radius 2 is 2.33 bits per heavy atom. The van der Waals surface area contributed by atoms with Crippen LogP contribution in [0.1, 0.15) is 5.56 Å². The summed E-state index contributed by atoms with van der Waals surface area (Å²) in [6.45, 7) is 0.512. The minimum absolute atomic E-state index is 0.248. The molecule has 1 aromatic rings. The predicted molar refractivity (Wildman–Crippen MR) is 57.3 cm³/mol. The van der Waals surface area contributed by atoms with Crippen LogP contribution in [0.15, 0.2) is 12.1 Å². The molecule has 1 heterocycles. The van der Waals surface area contributed by atoms with Gasteiger partial charge in [-0.1, -0.05) is 23.8 Å². The summed E-state index contributed by atoms with van der Waals surface area (Å²) in [6.07, 6.45) is 3.54. The van der Waals surface area contributed by atoms with Gasteiger partial charge in [-0.3, -0.25) is 10.1 Å². The molecule has 0 atom stereocenters. The van der Waals surface area contributed by atoms with Gasteiger partial charge < -0.3 is 10.4 Å². The van der Waals surface area contributed by atoms with Gasteiger partial charge in [0.25, 0.3) is 0 Å². The maximum absolute atomic E-state index is 10.6. The fourth-order valence-electron chi connectivity index (χ4n) is 1.46. The third-order valence-corrected chi connectivity index (χ3v) is 2.46. The van der Waals surface area contributed by atoms with Crippen molar-refractivity contribution in [3.63, 3.8) is 0 Å². The van der Waals surface area contributed by atoms with Crippen LogP contribution in [0.2, 0.25) is 5.02 Å². The molecule has 6 heteroatoms. The Morgan fingerprint density at radius 3 is 3.00 bits per heavy atom. The van der Waals surface area contributed by atoms with Gasteiger partial charge in [-0.2, -0.15) is 0 Å². The Hall–Kier alpha value is -1.75. The minimum atomic E-state index is -0.665. The topological polar surface area (TPSA) is 75.4 Å². The van der Waals surface area contributed by atoms with E-state index in [4.69, 9.17) is 11.6 Å². The molecule has 0 bridgehead atoms. The van der Waals surface area contributed by atoms with Crippen LogP contribution in [0.3, 0.4) is 0 Å². The molecule has 0 amide bonds. The van der Waals surface area contributed by atoms with Gasteiger partial charge in [-0.25, -0.2) is 0 Å². The monoisotopic (exact) mass is 226 g/mol. The van der Waals surface area contributed by atoms with Gasteiger partial charge in [0.1, 0.15) is 0 Å². The quantitative estimate of drug-likeness (QED) is 0.438. The van der Waals surface area contributed by atoms with Crippen molar-refractivity contribution in [2.45, 2.75) is 0 Å². The van der Waals surface area contributed by atoms with Crippen molar-refractivity contribution >= 4 is 29.1 Å². The van der Waals surface area contributed by atoms with E-state index < -0.39 is 4.92 Å². The molecule has 78 valence electrons. The molecule has 0 saturated heterocycles. The van der Waals surface area contributed by atoms with E-state index in [2.05, 4.69) is 5.32 Å². The van der Waals surface area contributed by atoms with Gasteiger partial charge in [-0.15, -0.1) is 0 Å². The molecule has 5 nitrogen and oxygen atoms in total. The van der Waals surface area contributed by atoms with E-state index in [0.717, 1.165) is 6.07 Å². The smallest absolute Gasteiger partial charge is 0.314 e. The molecule has 2 rings (SSSR count). The van der Waals surface area contributed by atoms with Crippen LogP contribution >= 0.6 is 11.6 Å². The van der Waals surface area contributed by atoms with Crippen molar-refractivity contribution < 1.29 is 10.0 Å². The maximum atomic E-state index is 10.6. The third kappa shape index (κ3) is 1.50. The van der Waals surface area contributed by atoms with Crippen molar-refractivity contribution in [3.05, 3.63) is 32.8 Å². The largest absolute Gasteiger partial charge is 0.501 e. The lowest BCUT2D eigenvalue weighted by Gasteiger charge is -2.15. The second-order valence-electron chi connectivity index (χ2n) is 3.06. The van der Waals surface area contributed by atoms with E-state index in [1.165, 1.54) is 0 Å². The molecule has 1 aliphatic rings. The summed E-state index contributed by atoms with van der Waals surface area (Å²) >= 11 is 5.86. The number of phenols is 1. The van der Waals surface area contributed by atoms with Gasteiger partial charge in [0, 0.05) is 18.2 Å². The van der Waals surface area contributed by atoms with Crippen molar-refractivity contribution in [3.8, 4) is 5.75 Å². The fourth-order valence-corrected chi connectivity index (χ4v) is 1.72. The Morgan fingerprint density at radius 1 is 1.60 bits per heavy atom. The number of hydrogen-bond donors (Lipinski definition) is 2. The Balaban J connectivity index is 2.71. The average molecular weight is 227 g/mol. The number of halogens is 1. The molecule has 0 radical (unpaired) electrons. The van der Waals surface area contributed by atoms with Gasteiger partial charge in [0.2, 0.25) is 5.75 Å². The lowest BCUT2D eigenvalue weighted by molar-refractivity contribution is -0.385. The highest BCUT2D eigenvalue weighted by molar-refractivity contribution is 6.33. The SMILES string of the molecule is O=[N+]([O-])c1cc(Cl)c2c(c1O)NCC=C2. The number of nitrogens with one attached hydrogen (secondary N) is 1. The average Bonchev–Trinajstić information content (AvgIpc) is 2.23. The van der Waals surface area contributed by atoms with Crippen molar-refractivity contribution in [1.29, 1.82) is 0 Å². The van der Waals surface area contributed by atoms with E-state index in [1.54, 1.807) is 6.08 Å². The molecule has 0 unspecified atom stereocenters. The van der Waals surface area contributed by atoms with Crippen LogP contribution < -0.4 is 5.32 Å². The van der Waals surface area contributed by atoms with Crippen molar-refractivity contribution in [1.82, 2.24) is 0 Å². The Labute approximate surface area is 90.1 Å². The molecule has 0 fully saturated rings. The highest BCUT2D eigenvalue weighted by atomic mass is 35.5. The zero-order valence-electron chi connectivity index (χ0n) is 7.53. The highest BCUT2D eigenvalue weighted by Crippen LogP contribution is 2.42. The first-order chi connectivity index (χ1) is 7.11. The van der Waals surface area contributed by atoms with Crippen LogP contribution in [0.5, 0.6) is 5.75 Å². The minimum Gasteiger partial charge on any atom is -0.501 e. The van der Waals surface area contributed by atoms with E-state index >= 15 is 0 Å². The van der Waals surface area contributed by atoms with Crippen molar-refractivity contribution in [2.24, 2.45) is 0 Å². The van der Waals surface area contributed by atoms with E-state index in [9.17, 15) is 15.2 Å². The number of fused-ring (bicyclic) bond motifs is 1. The predicted octanol–water partition coefficient (Wildman–Crippen LogP) is 2.39. The number of hydrogen-bond acceptors (Lipinski definition) is 4. The number of benzene rings is 1. The van der Waals surface area contributed by atoms with E-state index in [0.29, 0.717) is 17.8 Å². The summed E-state index contributed by atoms with van der Waals surface area (Å²) in [5.41, 5.74) is 0.504. The van der Waals surface area contributed by atoms with Crippen LogP contribution in [0, 0.1) is 10.1 Å². The number of phenolic OH excluding ortho intramolecular Hbond substituents is 1. The molecular weight excluding hydrogens is 220 g/mol. The number of aromatic hydroxyl groups is 1. The first-order valence-electron chi connectivity index (χ1n) is 4.21. The van der Waals surface area contributed by atoms with Crippen LogP contribution in [-0.4, -0.2) is 16.6 Å². The molecular formula is C9H7ClN2O3. The van der Waals surface area contributed by atoms with Crippen LogP contribution in [0.4, 0.5) is 11.4 Å². The van der Waals surface area contributed by atoms with Crippen LogP contribution in [0.25, 0.3) is 6.08 Å². The number of nitro groups is 1. The van der Waals surface area contributed by atoms with Gasteiger partial charge in [0.05, 0.1) is 15.6 Å². The highest BCUT2D eigenvalue weighted by Gasteiger charge is 2.23. The molecule has 0 aromatic heterocycles. The number of anilines is 1. The number of rotatable bonds is 1. The normalized spacial score (nSPS) is 13.1. The summed E-state index contributed by atoms with van der Waals surface area (Å²) in [6, 6.07) is 1.15. The molecule has 15 heavy (non-hydrogen) atoms. The Bertz CT molecular complexity index is 471. The first-order valence-corrected chi connectivity index (χ1v) is 4.59. The van der Waals surface area contributed by atoms with Gasteiger partial charge >= 0.3 is 5.69 Å². The second kappa shape index (κ2) is 3.43. The molecule has 0 spiro atoms. The first kappa shape index (κ1) is 9.79. The summed E-state index contributed by atoms with van der Waals surface area (Å²) in [4.78, 5) is 9.94. The summed E-state index contributed by atoms with van der Waals surface area (Å²) < 4.78 is 0. The van der Waals surface area contributed by atoms with E-state index in [-0.39, 0.29) is 16.5 Å². The number of nitro benzene ring substituents is 1. The summed E-state index contributed by atoms with van der Waals surface area (Å²) in [5.74, 6) is -0.372. The molecule has 0 aliphatic carbocycles. The second-order valence-corrected chi connectivity index (χ2v) is 3.46. The molecule has 1 aliphatic heterocycles. The summed E-state index contributed by atoms with van der Waals surface area (Å²) in [7, 11) is 0. The lowest BCUT2D eigenvalue weighted by atomic mass is 10.1. The van der Waals surface area contributed by atoms with Gasteiger partial charge in [-0.05, 0) is 0 Å². The maximum Gasteiger partial charge on any atom is 0.314 e. The Kier molecular flexibility index (Phi) is 2.24. The standard InChI is InChI=1S/C9H7ClN2O3/c10-6-4-7(12(14)15)9(13)8-5(6)2-1-3-11-8/h1-2,4,11,13H,3H2. The van der Waals surface area contributed by atoms with Gasteiger partial charge in [0.15, 0.2) is 0 Å². The zero-order valence-corrected chi connectivity index (χ0v) is 8.28. The lowest BCUT2D eigenvalue weighted by Crippen LogP contribution is -2.06. The summed E-state index contributed by atoms with van der Waals surface area (Å²) in [5, 5.41) is 23.3. The number of nitrogens with zero attached hydrogens (tertiary/aromatic N) is 1. The zero-order chi connectivity index (χ0) is 11.0.